The van der Waals surface area contributed by atoms with E-state index in [-0.39, 0.29) is 49.8 Å². The molecule has 4 fully saturated rings. The lowest BCUT2D eigenvalue weighted by molar-refractivity contribution is 0.0943. The van der Waals surface area contributed by atoms with Crippen LogP contribution in [0, 0.1) is 5.92 Å². The Morgan fingerprint density at radius 3 is 1.01 bits per heavy atom. The number of amides is 4. The SMILES string of the molecule is CCCCC(CC)CNC1CCCN(S(=O)(=O)c2ccc(CNC(=O)c3ccc(Cl)cc3)s2)CC1.CCCCCCNC1CCCN(S(=O)(=O)c2ccc(CNC(=O)c3ccc(Cl)cc3)s2)CC1.CCCCCCNC1CCCN(S(=O)(=O)c2ccc(CNC(=O)c3cccc(OC)c3)s2)CC1.CCCOCCNC1CCCN(S(=O)(=O)c2ccc(CNC(=O)c3ccc(Cl)cc3)s2)CC1. The highest BCUT2D eigenvalue weighted by Crippen LogP contribution is 2.33. The summed E-state index contributed by atoms with van der Waals surface area (Å²) < 4.78 is 124. The zero-order valence-electron chi connectivity index (χ0n) is 79.1. The van der Waals surface area contributed by atoms with Crippen LogP contribution in [0.4, 0.5) is 0 Å². The number of halogens is 3. The fourth-order valence-corrected chi connectivity index (χ4v) is 28.3. The van der Waals surface area contributed by atoms with Crippen LogP contribution < -0.4 is 47.3 Å². The summed E-state index contributed by atoms with van der Waals surface area (Å²) in [5.74, 6) is 0.426. The number of hydrogen-bond donors (Lipinski definition) is 8. The van der Waals surface area contributed by atoms with Crippen molar-refractivity contribution in [3.63, 3.8) is 0 Å². The third-order valence-electron chi connectivity index (χ3n) is 24.2. The molecule has 0 bridgehead atoms. The molecule has 0 saturated carbocycles. The number of carbonyl (C=O) groups is 4. The number of nitrogens with zero attached hydrogens (tertiary/aromatic N) is 4. The minimum atomic E-state index is -3.54. The van der Waals surface area contributed by atoms with E-state index < -0.39 is 40.1 Å². The van der Waals surface area contributed by atoms with E-state index in [1.807, 2.05) is 0 Å². The van der Waals surface area contributed by atoms with Crippen LogP contribution in [0.2, 0.25) is 15.1 Å². The number of rotatable bonds is 46. The second-order valence-electron chi connectivity index (χ2n) is 34.4. The average molecular weight is 2070 g/mol. The van der Waals surface area contributed by atoms with Crippen molar-refractivity contribution in [3.8, 4) is 5.75 Å². The molecule has 12 rings (SSSR count). The van der Waals surface area contributed by atoms with Gasteiger partial charge in [0.25, 0.3) is 63.7 Å². The first kappa shape index (κ1) is 112. The normalized spacial score (nSPS) is 17.7. The summed E-state index contributed by atoms with van der Waals surface area (Å²) in [7, 11) is -12.6. The number of sulfonamides is 4. The molecule has 0 spiro atoms. The second kappa shape index (κ2) is 59.4. The smallest absolute Gasteiger partial charge is 0.252 e. The second-order valence-corrected chi connectivity index (χ2v) is 49.1. The van der Waals surface area contributed by atoms with Gasteiger partial charge in [0.1, 0.15) is 22.6 Å². The van der Waals surface area contributed by atoms with Crippen LogP contribution in [0.5, 0.6) is 5.75 Å². The summed E-state index contributed by atoms with van der Waals surface area (Å²) in [4.78, 5) is 52.6. The van der Waals surface area contributed by atoms with Crippen LogP contribution in [0.15, 0.2) is 162 Å². The van der Waals surface area contributed by atoms with E-state index in [2.05, 4.69) is 77.2 Å². The number of unbranched alkanes of at least 4 members (excludes halogenated alkanes) is 7. The minimum Gasteiger partial charge on any atom is -0.497 e. The molecule has 135 heavy (non-hydrogen) atoms. The summed E-state index contributed by atoms with van der Waals surface area (Å²) in [6.45, 7) is 21.6. The first-order chi connectivity index (χ1) is 65.1. The lowest BCUT2D eigenvalue weighted by atomic mass is 9.98. The van der Waals surface area contributed by atoms with Crippen molar-refractivity contribution in [3.05, 3.63) is 202 Å². The third kappa shape index (κ3) is 37.6. The lowest BCUT2D eigenvalue weighted by Gasteiger charge is -2.22. The minimum absolute atomic E-state index is 0.217. The Labute approximate surface area is 834 Å². The van der Waals surface area contributed by atoms with Crippen LogP contribution >= 0.6 is 80.1 Å². The van der Waals surface area contributed by atoms with Crippen molar-refractivity contribution in [2.45, 2.75) is 262 Å². The molecule has 8 N–H and O–H groups in total. The van der Waals surface area contributed by atoms with Gasteiger partial charge in [-0.05, 0) is 268 Å². The van der Waals surface area contributed by atoms with E-state index in [1.54, 1.807) is 170 Å². The molecule has 5 atom stereocenters. The molecule has 4 saturated heterocycles. The average Bonchev–Trinajstić information content (AvgIpc) is 1.70. The van der Waals surface area contributed by atoms with E-state index in [0.29, 0.717) is 149 Å². The summed E-state index contributed by atoms with van der Waals surface area (Å²) in [5.41, 5.74) is 2.04. The summed E-state index contributed by atoms with van der Waals surface area (Å²) >= 11 is 22.5. The highest BCUT2D eigenvalue weighted by atomic mass is 35.5. The number of nitrogens with one attached hydrogen (secondary N) is 8. The van der Waals surface area contributed by atoms with Gasteiger partial charge in [-0.2, -0.15) is 17.2 Å². The van der Waals surface area contributed by atoms with Gasteiger partial charge in [0.05, 0.1) is 39.9 Å². The molecule has 37 heteroatoms. The molecule has 4 aliphatic heterocycles. The summed E-state index contributed by atoms with van der Waals surface area (Å²) in [6, 6.07) is 42.0. The number of methoxy groups -OCH3 is 1. The molecule has 4 aromatic heterocycles. The standard InChI is InChI=1S/C26H38ClN3O3S2.C25H37N3O4S2.C24H34ClN3O3S2.C23H32ClN3O4S2/c1-3-5-7-20(4-2)18-28-23-8-6-16-30(17-15-23)35(32,33)25-14-13-24(34-25)19-29-26(31)21-9-11-22(27)12-10-21;1-3-4-5-6-15-26-21-10-8-16-28(17-14-21)34(30,31)24-13-12-23(33-24)19-27-25(29)20-9-7-11-22(18-20)32-2;1-2-3-4-5-15-26-21-7-6-16-28(17-14-21)33(30,31)23-13-12-22(32-23)18-27-24(29)19-8-10-20(25)11-9-19;1-2-15-31-16-12-25-20-4-3-13-27(14-11-20)33(29,30)22-10-9-21(32-22)17-26-23(28)18-5-7-19(24)8-6-18/h9-14,20,23,28H,3-8,15-19H2,1-2H3,(H,29,31);7,9,11-13,18,21,26H,3-6,8,10,14-17,19H2,1-2H3,(H,27,29);8-13,21,26H,2-7,14-18H2,1H3,(H,27,29);5-10,20,25H,2-4,11-17H2,1H3,(H,26,28). The topological polar surface area (TPSA) is 332 Å². The van der Waals surface area contributed by atoms with Crippen LogP contribution in [-0.2, 0) is 71.0 Å². The third-order valence-corrected chi connectivity index (χ3v) is 38.8. The van der Waals surface area contributed by atoms with E-state index in [1.165, 1.54) is 122 Å². The number of thiophene rings is 4. The van der Waals surface area contributed by atoms with Gasteiger partial charge in [-0.3, -0.25) is 19.2 Å². The number of ether oxygens (including phenoxy) is 2. The highest BCUT2D eigenvalue weighted by Gasteiger charge is 2.34. The first-order valence-electron chi connectivity index (χ1n) is 48.0. The first-order valence-corrected chi connectivity index (χ1v) is 58.1. The van der Waals surface area contributed by atoms with Crippen molar-refractivity contribution in [1.29, 1.82) is 0 Å². The molecule has 4 aliphatic rings. The highest BCUT2D eigenvalue weighted by molar-refractivity contribution is 7.92. The van der Waals surface area contributed by atoms with Crippen LogP contribution in [-0.4, -0.2) is 198 Å². The molecular weight excluding hydrogens is 1930 g/mol. The zero-order valence-corrected chi connectivity index (χ0v) is 87.9. The Kier molecular flexibility index (Phi) is 49.4. The zero-order chi connectivity index (χ0) is 97.0. The Morgan fingerprint density at radius 1 is 0.363 bits per heavy atom. The summed E-state index contributed by atoms with van der Waals surface area (Å²) in [5, 5.41) is 27.5. The number of benzene rings is 4. The fourth-order valence-electron chi connectivity index (χ4n) is 16.2. The number of hydrogen-bond acceptors (Lipinski definition) is 22. The van der Waals surface area contributed by atoms with Crippen LogP contribution in [0.1, 0.15) is 256 Å². The molecular formula is C98H141Cl3N12O14S8. The van der Waals surface area contributed by atoms with E-state index in [4.69, 9.17) is 44.3 Å². The Morgan fingerprint density at radius 2 is 0.689 bits per heavy atom. The van der Waals surface area contributed by atoms with Crippen LogP contribution in [0.3, 0.4) is 0 Å². The van der Waals surface area contributed by atoms with Crippen molar-refractivity contribution in [2.75, 3.05) is 98.9 Å². The van der Waals surface area contributed by atoms with Crippen molar-refractivity contribution < 1.29 is 62.3 Å². The van der Waals surface area contributed by atoms with Gasteiger partial charge in [0.2, 0.25) is 0 Å². The van der Waals surface area contributed by atoms with Gasteiger partial charge >= 0.3 is 0 Å². The van der Waals surface area contributed by atoms with Gasteiger partial charge in [0.15, 0.2) is 0 Å². The Bertz CT molecular complexity index is 5200. The monoisotopic (exact) mass is 2070 g/mol. The Balaban J connectivity index is 0.000000202. The van der Waals surface area contributed by atoms with Crippen LogP contribution in [0.25, 0.3) is 0 Å². The van der Waals surface area contributed by atoms with Crippen molar-refractivity contribution >= 4 is 144 Å². The van der Waals surface area contributed by atoms with Crippen molar-refractivity contribution in [2.24, 2.45) is 5.92 Å². The van der Waals surface area contributed by atoms with Gasteiger partial charge in [-0.15, -0.1) is 45.3 Å². The Hall–Kier alpha value is -6.33. The number of carbonyl (C=O) groups excluding carboxylic acids is 4. The molecule has 0 radical (unpaired) electrons. The molecule has 4 aromatic carbocycles. The largest absolute Gasteiger partial charge is 0.497 e. The molecule has 4 amide bonds. The molecule has 0 aliphatic carbocycles. The predicted octanol–water partition coefficient (Wildman–Crippen LogP) is 19.0. The van der Waals surface area contributed by atoms with Crippen molar-refractivity contribution in [1.82, 2.24) is 59.8 Å². The quantitative estimate of drug-likeness (QED) is 0.0164. The maximum atomic E-state index is 13.3. The fraction of sp³-hybridized carbons (Fsp3) is 0.551. The van der Waals surface area contributed by atoms with E-state index in [0.717, 1.165) is 136 Å². The molecule has 746 valence electrons. The van der Waals surface area contributed by atoms with Gasteiger partial charge in [-0.25, -0.2) is 33.7 Å². The van der Waals surface area contributed by atoms with Gasteiger partial charge in [-0.1, -0.05) is 133 Å². The molecule has 8 heterocycles. The van der Waals surface area contributed by atoms with Gasteiger partial charge < -0.3 is 52.0 Å². The maximum Gasteiger partial charge on any atom is 0.252 e. The van der Waals surface area contributed by atoms with Gasteiger partial charge in [0, 0.05) is 147 Å². The molecule has 26 nitrogen and oxygen atoms in total. The van der Waals surface area contributed by atoms with E-state index in [9.17, 15) is 52.8 Å². The van der Waals surface area contributed by atoms with E-state index >= 15 is 0 Å². The maximum absolute atomic E-state index is 13.3. The summed E-state index contributed by atoms with van der Waals surface area (Å²) in [6.07, 6.45) is 26.5. The molecule has 8 aromatic rings. The predicted molar refractivity (Wildman–Crippen MR) is 550 cm³/mol. The molecule has 5 unspecified atom stereocenters. The lowest BCUT2D eigenvalue weighted by Crippen LogP contribution is -2.35.